The number of aromatic nitrogens is 6. The van der Waals surface area contributed by atoms with Crippen LogP contribution in [0.5, 0.6) is 0 Å². The van der Waals surface area contributed by atoms with Crippen LogP contribution >= 0.6 is 0 Å². The van der Waals surface area contributed by atoms with E-state index in [-0.39, 0.29) is 0 Å². The molecule has 1 atom stereocenters. The van der Waals surface area contributed by atoms with Crippen LogP contribution in [-0.2, 0) is 7.05 Å². The van der Waals surface area contributed by atoms with E-state index in [4.69, 9.17) is 4.98 Å². The number of aliphatic hydroxyl groups is 1. The minimum absolute atomic E-state index is 0.583. The van der Waals surface area contributed by atoms with E-state index < -0.39 is 5.60 Å². The summed E-state index contributed by atoms with van der Waals surface area (Å²) in [4.78, 5) is 11.5. The average Bonchev–Trinajstić information content (AvgIpc) is 3.33. The van der Waals surface area contributed by atoms with Gasteiger partial charge in [0.05, 0.1) is 34.9 Å². The van der Waals surface area contributed by atoms with Gasteiger partial charge < -0.3 is 10.0 Å². The molecule has 1 aliphatic heterocycles. The molecule has 0 amide bonds. The monoisotopic (exact) mass is 389 g/mol. The zero-order valence-corrected chi connectivity index (χ0v) is 16.5. The number of aromatic amines is 1. The Hall–Kier alpha value is -3.26. The van der Waals surface area contributed by atoms with Crippen molar-refractivity contribution >= 4 is 16.7 Å². The maximum atomic E-state index is 10.4. The molecule has 2 N–H and O–H groups in total. The van der Waals surface area contributed by atoms with Gasteiger partial charge in [-0.25, -0.2) is 4.98 Å². The molecule has 29 heavy (non-hydrogen) atoms. The number of H-pyrrole nitrogens is 1. The Bertz CT molecular complexity index is 1180. The van der Waals surface area contributed by atoms with Crippen LogP contribution in [0, 0.1) is 0 Å². The second kappa shape index (κ2) is 6.66. The lowest BCUT2D eigenvalue weighted by molar-refractivity contribution is 0.0447. The molecule has 0 spiro atoms. The standard InChI is InChI=1S/C21H23N7O/c1-21(29)7-4-8-28(13-21)19-6-3-5-16(24-19)20-15-9-17(14-10-23-27(2)12-14)22-11-18(15)25-26-20/h3,5-6,9-12,29H,4,7-8,13H2,1-2H3,(H,25,26)/t21-/m0/s1. The second-order valence-corrected chi connectivity index (χ2v) is 7.99. The molecular formula is C21H23N7O. The van der Waals surface area contributed by atoms with Gasteiger partial charge in [-0.2, -0.15) is 10.2 Å². The summed E-state index contributed by atoms with van der Waals surface area (Å²) < 4.78 is 1.76. The SMILES string of the molecule is Cn1cc(-c2cc3c(-c4cccc(N5CCC[C@](C)(O)C5)n4)n[nH]c3cn2)cn1. The average molecular weight is 389 g/mol. The number of fused-ring (bicyclic) bond motifs is 1. The highest BCUT2D eigenvalue weighted by Gasteiger charge is 2.29. The van der Waals surface area contributed by atoms with Gasteiger partial charge in [-0.15, -0.1) is 0 Å². The fraction of sp³-hybridized carbons (Fsp3) is 0.333. The topological polar surface area (TPSA) is 95.8 Å². The van der Waals surface area contributed by atoms with E-state index in [1.807, 2.05) is 44.4 Å². The summed E-state index contributed by atoms with van der Waals surface area (Å²) in [6, 6.07) is 7.96. The highest BCUT2D eigenvalue weighted by molar-refractivity contribution is 5.93. The molecule has 5 heterocycles. The van der Waals surface area contributed by atoms with Gasteiger partial charge >= 0.3 is 0 Å². The van der Waals surface area contributed by atoms with E-state index in [1.165, 1.54) is 0 Å². The molecule has 4 aromatic rings. The Morgan fingerprint density at radius 3 is 2.90 bits per heavy atom. The molecule has 8 nitrogen and oxygen atoms in total. The van der Waals surface area contributed by atoms with Crippen LogP contribution in [0.15, 0.2) is 42.9 Å². The third kappa shape index (κ3) is 3.36. The fourth-order valence-electron chi connectivity index (χ4n) is 3.97. The summed E-state index contributed by atoms with van der Waals surface area (Å²) in [6.45, 7) is 3.36. The number of nitrogens with one attached hydrogen (secondary N) is 1. The van der Waals surface area contributed by atoms with Crippen LogP contribution in [0.2, 0.25) is 0 Å². The molecular weight excluding hydrogens is 366 g/mol. The Labute approximate surface area is 168 Å². The maximum absolute atomic E-state index is 10.4. The summed E-state index contributed by atoms with van der Waals surface area (Å²) in [5.74, 6) is 0.861. The van der Waals surface area contributed by atoms with Crippen molar-refractivity contribution in [2.45, 2.75) is 25.4 Å². The van der Waals surface area contributed by atoms with Gasteiger partial charge in [-0.3, -0.25) is 14.8 Å². The van der Waals surface area contributed by atoms with Crippen molar-refractivity contribution < 1.29 is 5.11 Å². The lowest BCUT2D eigenvalue weighted by Crippen LogP contribution is -2.46. The van der Waals surface area contributed by atoms with Crippen LogP contribution in [0.3, 0.4) is 0 Å². The van der Waals surface area contributed by atoms with Crippen LogP contribution in [0.4, 0.5) is 5.82 Å². The highest BCUT2D eigenvalue weighted by atomic mass is 16.3. The van der Waals surface area contributed by atoms with Gasteiger partial charge in [0.25, 0.3) is 0 Å². The van der Waals surface area contributed by atoms with Gasteiger partial charge in [0.2, 0.25) is 0 Å². The highest BCUT2D eigenvalue weighted by Crippen LogP contribution is 2.30. The van der Waals surface area contributed by atoms with Gasteiger partial charge in [0.15, 0.2) is 0 Å². The molecule has 8 heteroatoms. The number of piperidine rings is 1. The molecule has 1 aliphatic rings. The van der Waals surface area contributed by atoms with Crippen molar-refractivity contribution in [3.05, 3.63) is 42.9 Å². The predicted molar refractivity (Wildman–Crippen MR) is 111 cm³/mol. The van der Waals surface area contributed by atoms with E-state index in [2.05, 4.69) is 25.2 Å². The van der Waals surface area contributed by atoms with E-state index in [0.29, 0.717) is 6.54 Å². The maximum Gasteiger partial charge on any atom is 0.129 e. The number of aryl methyl sites for hydroxylation is 1. The third-order valence-electron chi connectivity index (χ3n) is 5.42. The normalized spacial score (nSPS) is 19.8. The minimum Gasteiger partial charge on any atom is -0.388 e. The Morgan fingerprint density at radius 2 is 2.10 bits per heavy atom. The summed E-state index contributed by atoms with van der Waals surface area (Å²) in [6.07, 6.45) is 7.30. The van der Waals surface area contributed by atoms with Gasteiger partial charge in [0.1, 0.15) is 11.5 Å². The molecule has 0 saturated carbocycles. The van der Waals surface area contributed by atoms with Crippen LogP contribution in [0.25, 0.3) is 33.5 Å². The molecule has 0 aliphatic carbocycles. The molecule has 1 fully saturated rings. The first kappa shape index (κ1) is 17.8. The van der Waals surface area contributed by atoms with E-state index >= 15 is 0 Å². The Kier molecular flexibility index (Phi) is 4.09. The number of nitrogens with zero attached hydrogens (tertiary/aromatic N) is 6. The summed E-state index contributed by atoms with van der Waals surface area (Å²) in [7, 11) is 1.89. The van der Waals surface area contributed by atoms with Gasteiger partial charge in [-0.05, 0) is 38.0 Å². The molecule has 5 rings (SSSR count). The molecule has 4 aromatic heterocycles. The van der Waals surface area contributed by atoms with Crippen LogP contribution in [-0.4, -0.2) is 53.7 Å². The Morgan fingerprint density at radius 1 is 1.21 bits per heavy atom. The molecule has 0 unspecified atom stereocenters. The van der Waals surface area contributed by atoms with E-state index in [0.717, 1.165) is 58.8 Å². The molecule has 0 aromatic carbocycles. The molecule has 148 valence electrons. The van der Waals surface area contributed by atoms with Crippen molar-refractivity contribution in [3.63, 3.8) is 0 Å². The van der Waals surface area contributed by atoms with Gasteiger partial charge in [-0.1, -0.05) is 6.07 Å². The first-order valence-corrected chi connectivity index (χ1v) is 9.76. The fourth-order valence-corrected chi connectivity index (χ4v) is 3.97. The number of rotatable bonds is 3. The number of hydrogen-bond acceptors (Lipinski definition) is 6. The van der Waals surface area contributed by atoms with Crippen LogP contribution in [0.1, 0.15) is 19.8 Å². The lowest BCUT2D eigenvalue weighted by Gasteiger charge is -2.37. The second-order valence-electron chi connectivity index (χ2n) is 7.99. The smallest absolute Gasteiger partial charge is 0.129 e. The number of hydrogen-bond donors (Lipinski definition) is 2. The van der Waals surface area contributed by atoms with Crippen molar-refractivity contribution in [2.24, 2.45) is 7.05 Å². The largest absolute Gasteiger partial charge is 0.388 e. The van der Waals surface area contributed by atoms with Crippen molar-refractivity contribution in [1.29, 1.82) is 0 Å². The molecule has 0 bridgehead atoms. The summed E-state index contributed by atoms with van der Waals surface area (Å²) >= 11 is 0. The zero-order valence-electron chi connectivity index (χ0n) is 16.5. The number of β-amino-alcohol motifs (C(OH)–C–C–N with tert-alkyl or cyclic N) is 1. The van der Waals surface area contributed by atoms with Crippen molar-refractivity contribution in [1.82, 2.24) is 29.9 Å². The van der Waals surface area contributed by atoms with Crippen LogP contribution < -0.4 is 4.90 Å². The van der Waals surface area contributed by atoms with E-state index in [1.54, 1.807) is 17.1 Å². The number of anilines is 1. The van der Waals surface area contributed by atoms with Gasteiger partial charge in [0, 0.05) is 37.3 Å². The molecule has 0 radical (unpaired) electrons. The summed E-state index contributed by atoms with van der Waals surface area (Å²) in [5, 5.41) is 23.2. The zero-order chi connectivity index (χ0) is 20.0. The molecule has 1 saturated heterocycles. The summed E-state index contributed by atoms with van der Waals surface area (Å²) in [5.41, 5.74) is 3.57. The minimum atomic E-state index is -0.681. The predicted octanol–water partition coefficient (Wildman–Crippen LogP) is 2.77. The van der Waals surface area contributed by atoms with Crippen molar-refractivity contribution in [2.75, 3.05) is 18.0 Å². The quantitative estimate of drug-likeness (QED) is 0.559. The first-order chi connectivity index (χ1) is 14.0. The first-order valence-electron chi connectivity index (χ1n) is 9.76. The number of pyridine rings is 2. The Balaban J connectivity index is 1.54. The van der Waals surface area contributed by atoms with Crippen molar-refractivity contribution in [3.8, 4) is 22.6 Å². The van der Waals surface area contributed by atoms with E-state index in [9.17, 15) is 5.11 Å². The third-order valence-corrected chi connectivity index (χ3v) is 5.42. The lowest BCUT2D eigenvalue weighted by atomic mass is 9.95.